The van der Waals surface area contributed by atoms with Gasteiger partial charge in [-0.2, -0.15) is 5.10 Å². The zero-order valence-corrected chi connectivity index (χ0v) is 20.4. The Morgan fingerprint density at radius 2 is 2.13 bits per heavy atom. The molecule has 2 heterocycles. The SMILES string of the molecule is CCNC(=NCC1(c2cccc(F)c2)CC1)NCCCn1nc2n(c1=O)CCCC2.I. The van der Waals surface area contributed by atoms with Crippen molar-refractivity contribution in [2.45, 2.75) is 64.0 Å². The van der Waals surface area contributed by atoms with Crippen LogP contribution >= 0.6 is 24.0 Å². The summed E-state index contributed by atoms with van der Waals surface area (Å²) in [7, 11) is 0. The number of guanidine groups is 1. The molecule has 2 aromatic rings. The molecule has 0 atom stereocenters. The van der Waals surface area contributed by atoms with Crippen molar-refractivity contribution in [2.75, 3.05) is 19.6 Å². The first-order valence-corrected chi connectivity index (χ1v) is 11.1. The standard InChI is InChI=1S/C22H31FN6O.HI/c1-2-24-20(26-16-22(10-11-22)17-7-5-8-18(23)15-17)25-12-6-14-29-21(30)28-13-4-3-9-19(28)27-29;/h5,7-8,15H,2-4,6,9-14,16H2,1H3,(H2,24,25,26);1H. The molecule has 9 heteroatoms. The predicted octanol–water partition coefficient (Wildman–Crippen LogP) is 2.82. The van der Waals surface area contributed by atoms with Gasteiger partial charge in [-0.3, -0.25) is 9.56 Å². The number of halogens is 2. The lowest BCUT2D eigenvalue weighted by Gasteiger charge is -2.16. The quantitative estimate of drug-likeness (QED) is 0.233. The number of nitrogens with one attached hydrogen (secondary N) is 2. The van der Waals surface area contributed by atoms with Crippen LogP contribution in [0.5, 0.6) is 0 Å². The van der Waals surface area contributed by atoms with Gasteiger partial charge in [-0.05, 0) is 56.7 Å². The first kappa shape index (κ1) is 23.7. The molecule has 0 amide bonds. The molecule has 1 fully saturated rings. The molecule has 4 rings (SSSR count). The Morgan fingerprint density at radius 1 is 1.29 bits per heavy atom. The third-order valence-electron chi connectivity index (χ3n) is 6.05. The van der Waals surface area contributed by atoms with E-state index in [4.69, 9.17) is 4.99 Å². The summed E-state index contributed by atoms with van der Waals surface area (Å²) in [6, 6.07) is 6.88. The van der Waals surface area contributed by atoms with E-state index in [2.05, 4.69) is 15.7 Å². The number of hydrogen-bond acceptors (Lipinski definition) is 3. The highest BCUT2D eigenvalue weighted by Crippen LogP contribution is 2.48. The van der Waals surface area contributed by atoms with Crippen molar-refractivity contribution >= 4 is 29.9 Å². The predicted molar refractivity (Wildman–Crippen MR) is 131 cm³/mol. The molecule has 1 aromatic heterocycles. The molecule has 0 bridgehead atoms. The maximum Gasteiger partial charge on any atom is 0.345 e. The summed E-state index contributed by atoms with van der Waals surface area (Å²) >= 11 is 0. The first-order chi connectivity index (χ1) is 14.6. The number of aryl methyl sites for hydroxylation is 2. The molecule has 1 saturated carbocycles. The fourth-order valence-electron chi connectivity index (χ4n) is 4.11. The molecule has 2 aliphatic rings. The van der Waals surface area contributed by atoms with Crippen molar-refractivity contribution in [3.8, 4) is 0 Å². The van der Waals surface area contributed by atoms with Crippen LogP contribution in [0.4, 0.5) is 4.39 Å². The van der Waals surface area contributed by atoms with Crippen LogP contribution in [0.1, 0.15) is 50.4 Å². The van der Waals surface area contributed by atoms with E-state index in [1.54, 1.807) is 16.8 Å². The minimum atomic E-state index is -0.191. The van der Waals surface area contributed by atoms with Crippen LogP contribution in [0.3, 0.4) is 0 Å². The molecule has 1 aromatic carbocycles. The van der Waals surface area contributed by atoms with E-state index in [-0.39, 0.29) is 40.9 Å². The zero-order valence-electron chi connectivity index (χ0n) is 18.1. The number of fused-ring (bicyclic) bond motifs is 1. The largest absolute Gasteiger partial charge is 0.357 e. The molecule has 1 aliphatic carbocycles. The van der Waals surface area contributed by atoms with Crippen LogP contribution in [-0.4, -0.2) is 39.9 Å². The summed E-state index contributed by atoms with van der Waals surface area (Å²) in [6.07, 6.45) is 5.92. The molecule has 0 unspecified atom stereocenters. The van der Waals surface area contributed by atoms with Crippen LogP contribution in [-0.2, 0) is 24.9 Å². The molecule has 1 aliphatic heterocycles. The smallest absolute Gasteiger partial charge is 0.345 e. The van der Waals surface area contributed by atoms with Gasteiger partial charge >= 0.3 is 5.69 Å². The number of aromatic nitrogens is 3. The Labute approximate surface area is 199 Å². The summed E-state index contributed by atoms with van der Waals surface area (Å²) in [4.78, 5) is 17.2. The third-order valence-corrected chi connectivity index (χ3v) is 6.05. The number of rotatable bonds is 8. The number of nitrogens with zero attached hydrogens (tertiary/aromatic N) is 4. The van der Waals surface area contributed by atoms with Crippen LogP contribution < -0.4 is 16.3 Å². The van der Waals surface area contributed by atoms with Gasteiger partial charge in [0.1, 0.15) is 11.6 Å². The summed E-state index contributed by atoms with van der Waals surface area (Å²) in [6.45, 7) is 5.53. The summed E-state index contributed by atoms with van der Waals surface area (Å²) < 4.78 is 17.0. The van der Waals surface area contributed by atoms with Crippen LogP contribution in [0.2, 0.25) is 0 Å². The van der Waals surface area contributed by atoms with Gasteiger partial charge in [0.25, 0.3) is 0 Å². The molecule has 7 nitrogen and oxygen atoms in total. The Morgan fingerprint density at radius 3 is 2.84 bits per heavy atom. The highest BCUT2D eigenvalue weighted by Gasteiger charge is 2.44. The van der Waals surface area contributed by atoms with Crippen molar-refractivity contribution < 1.29 is 4.39 Å². The van der Waals surface area contributed by atoms with Gasteiger partial charge in [0.15, 0.2) is 5.96 Å². The fraction of sp³-hybridized carbons (Fsp3) is 0.591. The van der Waals surface area contributed by atoms with Crippen molar-refractivity contribution in [3.05, 3.63) is 52.0 Å². The summed E-state index contributed by atoms with van der Waals surface area (Å²) in [5.74, 6) is 1.49. The average Bonchev–Trinajstić information content (AvgIpc) is 3.48. The van der Waals surface area contributed by atoms with Crippen molar-refractivity contribution in [3.63, 3.8) is 0 Å². The second-order valence-corrected chi connectivity index (χ2v) is 8.30. The molecule has 0 spiro atoms. The van der Waals surface area contributed by atoms with Gasteiger partial charge in [-0.1, -0.05) is 12.1 Å². The van der Waals surface area contributed by atoms with Gasteiger partial charge in [0.2, 0.25) is 0 Å². The minimum absolute atomic E-state index is 0. The van der Waals surface area contributed by atoms with Crippen LogP contribution in [0.15, 0.2) is 34.1 Å². The number of aliphatic imine (C=N–C) groups is 1. The Kier molecular flexibility index (Phi) is 8.12. The van der Waals surface area contributed by atoms with Crippen molar-refractivity contribution in [1.82, 2.24) is 25.0 Å². The van der Waals surface area contributed by atoms with Gasteiger partial charge in [0, 0.05) is 38.0 Å². The molecule has 170 valence electrons. The Balaban J connectivity index is 0.00000272. The summed E-state index contributed by atoms with van der Waals surface area (Å²) in [5, 5.41) is 11.1. The number of hydrogen-bond donors (Lipinski definition) is 2. The van der Waals surface area contributed by atoms with E-state index >= 15 is 0 Å². The molecule has 0 radical (unpaired) electrons. The highest BCUT2D eigenvalue weighted by molar-refractivity contribution is 14.0. The maximum absolute atomic E-state index is 13.6. The van der Waals surface area contributed by atoms with E-state index in [9.17, 15) is 9.18 Å². The Hall–Kier alpha value is -1.91. The van der Waals surface area contributed by atoms with Crippen molar-refractivity contribution in [2.24, 2.45) is 4.99 Å². The zero-order chi connectivity index (χ0) is 21.0. The average molecular weight is 542 g/mol. The second kappa shape index (κ2) is 10.6. The highest BCUT2D eigenvalue weighted by atomic mass is 127. The molecule has 2 N–H and O–H groups in total. The van der Waals surface area contributed by atoms with Gasteiger partial charge < -0.3 is 10.6 Å². The van der Waals surface area contributed by atoms with E-state index in [0.717, 1.165) is 69.0 Å². The van der Waals surface area contributed by atoms with Crippen LogP contribution in [0, 0.1) is 5.82 Å². The first-order valence-electron chi connectivity index (χ1n) is 11.1. The normalized spacial score (nSPS) is 16.9. The second-order valence-electron chi connectivity index (χ2n) is 8.30. The van der Waals surface area contributed by atoms with E-state index in [1.165, 1.54) is 6.07 Å². The minimum Gasteiger partial charge on any atom is -0.357 e. The topological polar surface area (TPSA) is 76.2 Å². The van der Waals surface area contributed by atoms with Crippen molar-refractivity contribution in [1.29, 1.82) is 0 Å². The monoisotopic (exact) mass is 542 g/mol. The van der Waals surface area contributed by atoms with Gasteiger partial charge in [-0.25, -0.2) is 13.9 Å². The summed E-state index contributed by atoms with van der Waals surface area (Å²) in [5.41, 5.74) is 1.01. The lowest BCUT2D eigenvalue weighted by atomic mass is 9.96. The maximum atomic E-state index is 13.6. The lowest BCUT2D eigenvalue weighted by Crippen LogP contribution is -2.39. The Bertz CT molecular complexity index is 965. The lowest BCUT2D eigenvalue weighted by molar-refractivity contribution is 0.509. The van der Waals surface area contributed by atoms with E-state index in [0.29, 0.717) is 19.6 Å². The fourth-order valence-corrected chi connectivity index (χ4v) is 4.11. The molecular formula is C22H32FIN6O. The number of benzene rings is 1. The van der Waals surface area contributed by atoms with E-state index in [1.807, 2.05) is 17.6 Å². The van der Waals surface area contributed by atoms with E-state index < -0.39 is 0 Å². The third kappa shape index (κ3) is 5.67. The molecule has 31 heavy (non-hydrogen) atoms. The van der Waals surface area contributed by atoms with Gasteiger partial charge in [0.05, 0.1) is 6.54 Å². The molecule has 0 saturated heterocycles. The van der Waals surface area contributed by atoms with Gasteiger partial charge in [-0.15, -0.1) is 24.0 Å². The van der Waals surface area contributed by atoms with Crippen LogP contribution in [0.25, 0.3) is 0 Å². The molecular weight excluding hydrogens is 510 g/mol.